The van der Waals surface area contributed by atoms with Crippen molar-refractivity contribution in [3.8, 4) is 0 Å². The Balaban J connectivity index is 1.42. The van der Waals surface area contributed by atoms with E-state index < -0.39 is 0 Å². The number of fused-ring (bicyclic) bond motifs is 1. The number of hydrogen-bond donors (Lipinski definition) is 1. The van der Waals surface area contributed by atoms with Crippen LogP contribution in [-0.2, 0) is 13.6 Å². The molecule has 1 aliphatic rings. The lowest BCUT2D eigenvalue weighted by molar-refractivity contribution is 0.0910. The first-order valence-electron chi connectivity index (χ1n) is 9.77. The molecule has 0 unspecified atom stereocenters. The lowest BCUT2D eigenvalue weighted by atomic mass is 10.0. The van der Waals surface area contributed by atoms with Gasteiger partial charge in [0.25, 0.3) is 11.5 Å². The topological polar surface area (TPSA) is 54.3 Å². The van der Waals surface area contributed by atoms with Gasteiger partial charge in [0, 0.05) is 49.7 Å². The van der Waals surface area contributed by atoms with Crippen molar-refractivity contribution in [3.63, 3.8) is 0 Å². The van der Waals surface area contributed by atoms with Crippen molar-refractivity contribution >= 4 is 16.7 Å². The van der Waals surface area contributed by atoms with E-state index in [9.17, 15) is 9.59 Å². The number of carbonyl (C=O) groups is 1. The Morgan fingerprint density at radius 3 is 2.36 bits per heavy atom. The molecule has 0 atom stereocenters. The fourth-order valence-electron chi connectivity index (χ4n) is 3.94. The Kier molecular flexibility index (Phi) is 5.26. The molecule has 0 bridgehead atoms. The molecular formula is C23H25N3O2. The highest BCUT2D eigenvalue weighted by atomic mass is 16.2. The van der Waals surface area contributed by atoms with Crippen molar-refractivity contribution in [1.82, 2.24) is 14.8 Å². The SMILES string of the molecule is Cn1cc(C(=O)NC2CCN(Cc3ccccc3)CC2)c2ccccc2c1=O. The van der Waals surface area contributed by atoms with Gasteiger partial charge >= 0.3 is 0 Å². The van der Waals surface area contributed by atoms with Gasteiger partial charge < -0.3 is 9.88 Å². The van der Waals surface area contributed by atoms with Crippen LogP contribution in [-0.4, -0.2) is 34.5 Å². The number of rotatable bonds is 4. The molecule has 1 aliphatic heterocycles. The van der Waals surface area contributed by atoms with Crippen LogP contribution in [0.25, 0.3) is 10.8 Å². The minimum absolute atomic E-state index is 0.0821. The van der Waals surface area contributed by atoms with Crippen LogP contribution in [0.4, 0.5) is 0 Å². The van der Waals surface area contributed by atoms with Crippen LogP contribution in [0.5, 0.6) is 0 Å². The van der Waals surface area contributed by atoms with E-state index in [0.717, 1.165) is 32.5 Å². The summed E-state index contributed by atoms with van der Waals surface area (Å²) in [6.07, 6.45) is 3.51. The standard InChI is InChI=1S/C23H25N3O2/c1-25-16-21(19-9-5-6-10-20(19)23(25)28)22(27)24-18-11-13-26(14-12-18)15-17-7-3-2-4-8-17/h2-10,16,18H,11-15H2,1H3,(H,24,27). The maximum atomic E-state index is 12.9. The average Bonchev–Trinajstić information content (AvgIpc) is 2.73. The minimum atomic E-state index is -0.103. The second-order valence-corrected chi connectivity index (χ2v) is 7.51. The number of hydrogen-bond acceptors (Lipinski definition) is 3. The Morgan fingerprint density at radius 2 is 1.64 bits per heavy atom. The largest absolute Gasteiger partial charge is 0.349 e. The summed E-state index contributed by atoms with van der Waals surface area (Å²) >= 11 is 0. The van der Waals surface area contributed by atoms with Gasteiger partial charge in [-0.25, -0.2) is 0 Å². The van der Waals surface area contributed by atoms with Crippen LogP contribution in [0.2, 0.25) is 0 Å². The number of aryl methyl sites for hydroxylation is 1. The summed E-state index contributed by atoms with van der Waals surface area (Å²) in [5.41, 5.74) is 1.80. The number of amides is 1. The van der Waals surface area contributed by atoms with Crippen LogP contribution in [0.1, 0.15) is 28.8 Å². The molecule has 1 fully saturated rings. The highest BCUT2D eigenvalue weighted by molar-refractivity contribution is 6.06. The highest BCUT2D eigenvalue weighted by Gasteiger charge is 2.22. The van der Waals surface area contributed by atoms with Gasteiger partial charge in [-0.05, 0) is 24.5 Å². The Labute approximate surface area is 164 Å². The second kappa shape index (κ2) is 7.98. The van der Waals surface area contributed by atoms with Gasteiger partial charge in [-0.1, -0.05) is 48.5 Å². The molecule has 4 rings (SSSR count). The summed E-state index contributed by atoms with van der Waals surface area (Å²) in [5.74, 6) is -0.103. The Morgan fingerprint density at radius 1 is 1.00 bits per heavy atom. The molecule has 2 heterocycles. The summed E-state index contributed by atoms with van der Waals surface area (Å²) in [5, 5.41) is 4.47. The van der Waals surface area contributed by atoms with Gasteiger partial charge in [-0.3, -0.25) is 14.5 Å². The molecule has 5 nitrogen and oxygen atoms in total. The maximum absolute atomic E-state index is 12.9. The quantitative estimate of drug-likeness (QED) is 0.763. The summed E-state index contributed by atoms with van der Waals surface area (Å²) in [7, 11) is 1.69. The maximum Gasteiger partial charge on any atom is 0.258 e. The van der Waals surface area contributed by atoms with Crippen molar-refractivity contribution in [3.05, 3.63) is 82.3 Å². The van der Waals surface area contributed by atoms with Crippen LogP contribution in [0.3, 0.4) is 0 Å². The molecule has 1 N–H and O–H groups in total. The molecule has 1 saturated heterocycles. The number of nitrogens with one attached hydrogen (secondary N) is 1. The fraction of sp³-hybridized carbons (Fsp3) is 0.304. The van der Waals surface area contributed by atoms with Crippen molar-refractivity contribution in [2.45, 2.75) is 25.4 Å². The molecule has 5 heteroatoms. The molecule has 1 amide bonds. The van der Waals surface area contributed by atoms with Gasteiger partial charge in [0.2, 0.25) is 0 Å². The normalized spacial score (nSPS) is 15.6. The van der Waals surface area contributed by atoms with E-state index in [4.69, 9.17) is 0 Å². The first-order chi connectivity index (χ1) is 13.6. The van der Waals surface area contributed by atoms with Gasteiger partial charge in [-0.2, -0.15) is 0 Å². The number of piperidine rings is 1. The summed E-state index contributed by atoms with van der Waals surface area (Å²) < 4.78 is 1.49. The number of pyridine rings is 1. The van der Waals surface area contributed by atoms with Crippen molar-refractivity contribution < 1.29 is 4.79 Å². The van der Waals surface area contributed by atoms with E-state index in [1.54, 1.807) is 19.3 Å². The molecular weight excluding hydrogens is 350 g/mol. The predicted octanol–water partition coefficient (Wildman–Crippen LogP) is 2.93. The smallest absolute Gasteiger partial charge is 0.258 e. The van der Waals surface area contributed by atoms with Crippen LogP contribution < -0.4 is 10.9 Å². The third-order valence-corrected chi connectivity index (χ3v) is 5.51. The van der Waals surface area contributed by atoms with Gasteiger partial charge in [0.1, 0.15) is 0 Å². The molecule has 0 saturated carbocycles. The average molecular weight is 375 g/mol. The summed E-state index contributed by atoms with van der Waals surface area (Å²) in [6.45, 7) is 2.88. The molecule has 1 aromatic heterocycles. The molecule has 0 radical (unpaired) electrons. The van der Waals surface area contributed by atoms with Gasteiger partial charge in [0.15, 0.2) is 0 Å². The fourth-order valence-corrected chi connectivity index (χ4v) is 3.94. The van der Waals surface area contributed by atoms with Crippen molar-refractivity contribution in [1.29, 1.82) is 0 Å². The minimum Gasteiger partial charge on any atom is -0.349 e. The Bertz CT molecular complexity index is 1030. The van der Waals surface area contributed by atoms with E-state index in [1.165, 1.54) is 10.1 Å². The van der Waals surface area contributed by atoms with Crippen LogP contribution >= 0.6 is 0 Å². The first-order valence-corrected chi connectivity index (χ1v) is 9.77. The molecule has 0 aliphatic carbocycles. The number of carbonyl (C=O) groups excluding carboxylic acids is 1. The van der Waals surface area contributed by atoms with E-state index >= 15 is 0 Å². The second-order valence-electron chi connectivity index (χ2n) is 7.51. The summed E-state index contributed by atoms with van der Waals surface area (Å²) in [6, 6.07) is 17.9. The first kappa shape index (κ1) is 18.4. The molecule has 2 aromatic carbocycles. The predicted molar refractivity (Wildman–Crippen MR) is 111 cm³/mol. The molecule has 3 aromatic rings. The van der Waals surface area contributed by atoms with Crippen molar-refractivity contribution in [2.24, 2.45) is 7.05 Å². The Hall–Kier alpha value is -2.92. The summed E-state index contributed by atoms with van der Waals surface area (Å²) in [4.78, 5) is 27.7. The molecule has 0 spiro atoms. The third kappa shape index (κ3) is 3.85. The zero-order valence-electron chi connectivity index (χ0n) is 16.1. The zero-order chi connectivity index (χ0) is 19.5. The van der Waals surface area contributed by atoms with Gasteiger partial charge in [0.05, 0.1) is 5.56 Å². The third-order valence-electron chi connectivity index (χ3n) is 5.51. The van der Waals surface area contributed by atoms with Gasteiger partial charge in [-0.15, -0.1) is 0 Å². The lowest BCUT2D eigenvalue weighted by Crippen LogP contribution is -2.44. The number of likely N-dealkylation sites (tertiary alicyclic amines) is 1. The van der Waals surface area contributed by atoms with Crippen molar-refractivity contribution in [2.75, 3.05) is 13.1 Å². The number of aromatic nitrogens is 1. The molecule has 28 heavy (non-hydrogen) atoms. The van der Waals surface area contributed by atoms with Crippen LogP contribution in [0, 0.1) is 0 Å². The van der Waals surface area contributed by atoms with E-state index in [2.05, 4.69) is 34.5 Å². The zero-order valence-corrected chi connectivity index (χ0v) is 16.1. The lowest BCUT2D eigenvalue weighted by Gasteiger charge is -2.32. The monoisotopic (exact) mass is 375 g/mol. The number of nitrogens with zero attached hydrogens (tertiary/aromatic N) is 2. The number of benzene rings is 2. The van der Waals surface area contributed by atoms with Crippen LogP contribution in [0.15, 0.2) is 65.6 Å². The molecule has 144 valence electrons. The van der Waals surface area contributed by atoms with E-state index in [-0.39, 0.29) is 17.5 Å². The highest BCUT2D eigenvalue weighted by Crippen LogP contribution is 2.18. The van der Waals surface area contributed by atoms with E-state index in [1.807, 2.05) is 24.3 Å². The van der Waals surface area contributed by atoms with E-state index in [0.29, 0.717) is 16.3 Å².